The summed E-state index contributed by atoms with van der Waals surface area (Å²) in [5, 5.41) is 10.1. The minimum Gasteiger partial charge on any atom is -0.350 e. The Morgan fingerprint density at radius 2 is 1.88 bits per heavy atom. The zero-order chi connectivity index (χ0) is 22.1. The van der Waals surface area contributed by atoms with Gasteiger partial charge in [-0.25, -0.2) is 15.4 Å². The van der Waals surface area contributed by atoms with Crippen LogP contribution >= 0.6 is 0 Å². The Labute approximate surface area is 187 Å². The smallest absolute Gasteiger partial charge is 0.277 e. The third kappa shape index (κ3) is 3.96. The van der Waals surface area contributed by atoms with Crippen LogP contribution in [0.4, 0.5) is 5.95 Å². The quantitative estimate of drug-likeness (QED) is 0.458. The lowest BCUT2D eigenvalue weighted by Gasteiger charge is -2.54. The molecule has 3 aromatic rings. The molecule has 168 valence electrons. The SMILES string of the molecule is Cn1cc(CCCN2CC3(CCN(c4ncc(C(=O)NO)cn4)CC3)C2)c2ccccc21. The molecular formula is C24H30N6O2. The zero-order valence-corrected chi connectivity index (χ0v) is 18.5. The molecule has 1 aromatic carbocycles. The molecular weight excluding hydrogens is 404 g/mol. The van der Waals surface area contributed by atoms with Crippen LogP contribution in [0.2, 0.25) is 0 Å². The van der Waals surface area contributed by atoms with Gasteiger partial charge in [0, 0.05) is 62.7 Å². The molecule has 2 N–H and O–H groups in total. The average molecular weight is 435 g/mol. The van der Waals surface area contributed by atoms with E-state index in [1.807, 2.05) is 0 Å². The summed E-state index contributed by atoms with van der Waals surface area (Å²) in [5.74, 6) is 0.0600. The van der Waals surface area contributed by atoms with Gasteiger partial charge < -0.3 is 14.4 Å². The number of aryl methyl sites for hydroxylation is 2. The lowest BCUT2D eigenvalue weighted by atomic mass is 9.72. The molecule has 0 radical (unpaired) electrons. The first-order valence-corrected chi connectivity index (χ1v) is 11.3. The van der Waals surface area contributed by atoms with Gasteiger partial charge in [0.25, 0.3) is 5.91 Å². The first-order valence-electron chi connectivity index (χ1n) is 11.3. The Morgan fingerprint density at radius 3 is 2.59 bits per heavy atom. The van der Waals surface area contributed by atoms with Crippen molar-refractivity contribution in [3.05, 3.63) is 54.0 Å². The molecule has 2 aliphatic rings. The van der Waals surface area contributed by atoms with Gasteiger partial charge in [-0.05, 0) is 49.3 Å². The van der Waals surface area contributed by atoms with Crippen LogP contribution in [0.1, 0.15) is 35.2 Å². The van der Waals surface area contributed by atoms with Crippen LogP contribution in [0.3, 0.4) is 0 Å². The molecule has 1 spiro atoms. The molecule has 0 atom stereocenters. The van der Waals surface area contributed by atoms with Crippen LogP contribution in [0.15, 0.2) is 42.9 Å². The number of benzene rings is 1. The molecule has 1 amide bonds. The predicted octanol–water partition coefficient (Wildman–Crippen LogP) is 2.62. The summed E-state index contributed by atoms with van der Waals surface area (Å²) in [6.45, 7) is 5.41. The predicted molar refractivity (Wildman–Crippen MR) is 123 cm³/mol. The fourth-order valence-electron chi connectivity index (χ4n) is 5.34. The number of anilines is 1. The fourth-order valence-corrected chi connectivity index (χ4v) is 5.34. The second-order valence-corrected chi connectivity index (χ2v) is 9.30. The van der Waals surface area contributed by atoms with E-state index in [4.69, 9.17) is 5.21 Å². The van der Waals surface area contributed by atoms with Crippen LogP contribution < -0.4 is 10.4 Å². The Kier molecular flexibility index (Phi) is 5.57. The van der Waals surface area contributed by atoms with Gasteiger partial charge in [-0.3, -0.25) is 10.0 Å². The topological polar surface area (TPSA) is 86.5 Å². The molecule has 0 aliphatic carbocycles. The number of rotatable bonds is 6. The normalized spacial score (nSPS) is 18.1. The van der Waals surface area contributed by atoms with Gasteiger partial charge in [-0.2, -0.15) is 0 Å². The summed E-state index contributed by atoms with van der Waals surface area (Å²) in [7, 11) is 2.13. The van der Waals surface area contributed by atoms with Crippen molar-refractivity contribution >= 4 is 22.8 Å². The summed E-state index contributed by atoms with van der Waals surface area (Å²) in [6.07, 6.45) is 9.81. The average Bonchev–Trinajstić information content (AvgIpc) is 3.13. The number of aromatic nitrogens is 3. The lowest BCUT2D eigenvalue weighted by Crippen LogP contribution is -2.60. The van der Waals surface area contributed by atoms with E-state index in [9.17, 15) is 4.79 Å². The molecule has 0 bridgehead atoms. The van der Waals surface area contributed by atoms with Crippen molar-refractivity contribution in [1.82, 2.24) is 24.9 Å². The van der Waals surface area contributed by atoms with E-state index >= 15 is 0 Å². The van der Waals surface area contributed by atoms with E-state index in [1.165, 1.54) is 48.4 Å². The first kappa shape index (κ1) is 20.9. The van der Waals surface area contributed by atoms with Crippen LogP contribution in [-0.4, -0.2) is 63.3 Å². The van der Waals surface area contributed by atoms with Crippen molar-refractivity contribution in [1.29, 1.82) is 0 Å². The number of amides is 1. The van der Waals surface area contributed by atoms with Crippen LogP contribution in [-0.2, 0) is 13.5 Å². The van der Waals surface area contributed by atoms with Crippen LogP contribution in [0.5, 0.6) is 0 Å². The molecule has 2 aliphatic heterocycles. The number of fused-ring (bicyclic) bond motifs is 1. The van der Waals surface area contributed by atoms with E-state index in [2.05, 4.69) is 61.8 Å². The maximum Gasteiger partial charge on any atom is 0.277 e. The summed E-state index contributed by atoms with van der Waals surface area (Å²) < 4.78 is 2.23. The number of hydrogen-bond donors (Lipinski definition) is 2. The van der Waals surface area contributed by atoms with Gasteiger partial charge in [0.05, 0.1) is 5.56 Å². The number of para-hydroxylation sites is 1. The molecule has 0 saturated carbocycles. The second kappa shape index (κ2) is 8.52. The highest BCUT2D eigenvalue weighted by Gasteiger charge is 2.44. The number of nitrogens with zero attached hydrogens (tertiary/aromatic N) is 5. The number of piperidine rings is 1. The van der Waals surface area contributed by atoms with Gasteiger partial charge >= 0.3 is 0 Å². The summed E-state index contributed by atoms with van der Waals surface area (Å²) in [6, 6.07) is 8.65. The van der Waals surface area contributed by atoms with Crippen LogP contribution in [0.25, 0.3) is 10.9 Å². The second-order valence-electron chi connectivity index (χ2n) is 9.30. The Hall–Kier alpha value is -2.97. The molecule has 5 rings (SSSR count). The van der Waals surface area contributed by atoms with Crippen molar-refractivity contribution in [3.8, 4) is 0 Å². The maximum absolute atomic E-state index is 11.4. The number of carbonyl (C=O) groups excluding carboxylic acids is 1. The molecule has 8 nitrogen and oxygen atoms in total. The summed E-state index contributed by atoms with van der Waals surface area (Å²) >= 11 is 0. The minimum absolute atomic E-state index is 0.253. The molecule has 8 heteroatoms. The monoisotopic (exact) mass is 434 g/mol. The van der Waals surface area contributed by atoms with E-state index < -0.39 is 5.91 Å². The molecule has 2 aromatic heterocycles. The minimum atomic E-state index is -0.593. The van der Waals surface area contributed by atoms with Crippen molar-refractivity contribution in [2.75, 3.05) is 37.6 Å². The highest BCUT2D eigenvalue weighted by atomic mass is 16.5. The summed E-state index contributed by atoms with van der Waals surface area (Å²) in [5.41, 5.74) is 5.06. The third-order valence-corrected chi connectivity index (χ3v) is 7.13. The van der Waals surface area contributed by atoms with E-state index in [0.29, 0.717) is 11.4 Å². The van der Waals surface area contributed by atoms with Gasteiger partial charge in [-0.1, -0.05) is 18.2 Å². The Morgan fingerprint density at radius 1 is 1.16 bits per heavy atom. The highest BCUT2D eigenvalue weighted by Crippen LogP contribution is 2.41. The third-order valence-electron chi connectivity index (χ3n) is 7.13. The molecule has 4 heterocycles. The van der Waals surface area contributed by atoms with E-state index in [1.54, 1.807) is 5.48 Å². The summed E-state index contributed by atoms with van der Waals surface area (Å²) in [4.78, 5) is 24.8. The van der Waals surface area contributed by atoms with Gasteiger partial charge in [-0.15, -0.1) is 0 Å². The van der Waals surface area contributed by atoms with E-state index in [0.717, 1.165) is 38.9 Å². The van der Waals surface area contributed by atoms with Gasteiger partial charge in [0.2, 0.25) is 5.95 Å². The Balaban J connectivity index is 1.08. The number of likely N-dealkylation sites (tertiary alicyclic amines) is 1. The van der Waals surface area contributed by atoms with E-state index in [-0.39, 0.29) is 5.56 Å². The van der Waals surface area contributed by atoms with Gasteiger partial charge in [0.15, 0.2) is 0 Å². The first-order chi connectivity index (χ1) is 15.6. The largest absolute Gasteiger partial charge is 0.350 e. The van der Waals surface area contributed by atoms with Crippen molar-refractivity contribution in [3.63, 3.8) is 0 Å². The number of nitrogens with one attached hydrogen (secondary N) is 1. The number of hydroxylamine groups is 1. The lowest BCUT2D eigenvalue weighted by molar-refractivity contribution is -0.0187. The molecule has 2 saturated heterocycles. The van der Waals surface area contributed by atoms with Crippen molar-refractivity contribution < 1.29 is 10.0 Å². The molecule has 32 heavy (non-hydrogen) atoms. The highest BCUT2D eigenvalue weighted by molar-refractivity contribution is 5.92. The maximum atomic E-state index is 11.4. The van der Waals surface area contributed by atoms with Crippen molar-refractivity contribution in [2.24, 2.45) is 12.5 Å². The standard InChI is InChI=1S/C24H30N6O2/c1-28-15-18(20-6-2-3-7-21(20)28)5-4-10-29-16-24(17-29)8-11-30(12-9-24)23-25-13-19(14-26-23)22(31)27-32/h2-3,6-7,13-15,32H,4-5,8-12,16-17H2,1H3,(H,27,31). The Bertz CT molecular complexity index is 1090. The van der Waals surface area contributed by atoms with Crippen LogP contribution in [0, 0.1) is 5.41 Å². The zero-order valence-electron chi connectivity index (χ0n) is 18.5. The number of carbonyl (C=O) groups is 1. The van der Waals surface area contributed by atoms with Crippen molar-refractivity contribution in [2.45, 2.75) is 25.7 Å². The number of hydrogen-bond acceptors (Lipinski definition) is 6. The van der Waals surface area contributed by atoms with Gasteiger partial charge in [0.1, 0.15) is 0 Å². The molecule has 0 unspecified atom stereocenters. The fraction of sp³-hybridized carbons (Fsp3) is 0.458. The molecule has 2 fully saturated rings.